The monoisotopic (exact) mass is 265 g/mol. The highest BCUT2D eigenvalue weighted by atomic mass is 16.5. The van der Waals surface area contributed by atoms with Gasteiger partial charge in [0.1, 0.15) is 5.75 Å². The molecule has 4 nitrogen and oxygen atoms in total. The Balaban J connectivity index is 2.08. The van der Waals surface area contributed by atoms with Crippen LogP contribution < -0.4 is 10.1 Å². The molecule has 19 heavy (non-hydrogen) atoms. The summed E-state index contributed by atoms with van der Waals surface area (Å²) in [5.41, 5.74) is 0.875. The van der Waals surface area contributed by atoms with E-state index in [-0.39, 0.29) is 12.5 Å². The lowest BCUT2D eigenvalue weighted by atomic mass is 10.2. The minimum Gasteiger partial charge on any atom is -0.494 e. The first-order valence-corrected chi connectivity index (χ1v) is 6.85. The van der Waals surface area contributed by atoms with E-state index in [2.05, 4.69) is 5.32 Å². The van der Waals surface area contributed by atoms with E-state index in [9.17, 15) is 4.79 Å². The second-order valence-electron chi connectivity index (χ2n) is 4.46. The van der Waals surface area contributed by atoms with Gasteiger partial charge in [-0.05, 0) is 37.0 Å². The number of nitrogens with one attached hydrogen (secondary N) is 1. The van der Waals surface area contributed by atoms with Gasteiger partial charge in [0, 0.05) is 13.0 Å². The molecule has 1 amide bonds. The quantitative estimate of drug-likeness (QED) is 0.673. The highest BCUT2D eigenvalue weighted by Gasteiger charge is 2.00. The molecular formula is C15H23NO3. The van der Waals surface area contributed by atoms with Crippen molar-refractivity contribution in [1.82, 2.24) is 5.32 Å². The molecule has 0 unspecified atom stereocenters. The third-order valence-corrected chi connectivity index (χ3v) is 2.74. The van der Waals surface area contributed by atoms with Crippen molar-refractivity contribution in [2.24, 2.45) is 0 Å². The zero-order valence-electron chi connectivity index (χ0n) is 11.5. The van der Waals surface area contributed by atoms with E-state index in [1.54, 1.807) is 0 Å². The van der Waals surface area contributed by atoms with Crippen LogP contribution in [0, 0.1) is 0 Å². The fourth-order valence-corrected chi connectivity index (χ4v) is 1.62. The average Bonchev–Trinajstić information content (AvgIpc) is 2.45. The van der Waals surface area contributed by atoms with E-state index in [0.717, 1.165) is 37.1 Å². The number of carbonyl (C=O) groups is 1. The lowest BCUT2D eigenvalue weighted by Gasteiger charge is -2.07. The first-order valence-electron chi connectivity index (χ1n) is 6.85. The Bertz CT molecular complexity index is 362. The Morgan fingerprint density at radius 2 is 2.00 bits per heavy atom. The van der Waals surface area contributed by atoms with Crippen LogP contribution in [-0.2, 0) is 11.4 Å². The summed E-state index contributed by atoms with van der Waals surface area (Å²) in [6, 6.07) is 7.38. The summed E-state index contributed by atoms with van der Waals surface area (Å²) >= 11 is 0. The fourth-order valence-electron chi connectivity index (χ4n) is 1.62. The first-order chi connectivity index (χ1) is 9.26. The molecule has 0 aliphatic rings. The minimum absolute atomic E-state index is 0.0488. The van der Waals surface area contributed by atoms with Gasteiger partial charge in [0.15, 0.2) is 0 Å². The zero-order chi connectivity index (χ0) is 13.9. The number of hydrogen-bond acceptors (Lipinski definition) is 3. The maximum absolute atomic E-state index is 11.3. The van der Waals surface area contributed by atoms with Gasteiger partial charge in [-0.1, -0.05) is 19.1 Å². The molecule has 0 heterocycles. The van der Waals surface area contributed by atoms with Crippen LogP contribution in [0.2, 0.25) is 0 Å². The molecule has 0 saturated carbocycles. The number of aliphatic hydroxyl groups is 1. The molecule has 2 N–H and O–H groups in total. The van der Waals surface area contributed by atoms with Crippen LogP contribution in [0.1, 0.15) is 38.2 Å². The molecule has 0 atom stereocenters. The molecule has 0 fully saturated rings. The third-order valence-electron chi connectivity index (χ3n) is 2.74. The molecule has 106 valence electrons. The summed E-state index contributed by atoms with van der Waals surface area (Å²) in [6.45, 7) is 3.45. The number of carbonyl (C=O) groups excluding carboxylic acids is 1. The molecule has 1 rings (SSSR count). The zero-order valence-corrected chi connectivity index (χ0v) is 11.5. The Morgan fingerprint density at radius 3 is 2.63 bits per heavy atom. The largest absolute Gasteiger partial charge is 0.494 e. The molecule has 0 aromatic heterocycles. The second kappa shape index (κ2) is 9.39. The summed E-state index contributed by atoms with van der Waals surface area (Å²) in [7, 11) is 0. The molecule has 1 aromatic rings. The van der Waals surface area contributed by atoms with E-state index in [1.165, 1.54) is 0 Å². The average molecular weight is 265 g/mol. The van der Waals surface area contributed by atoms with Gasteiger partial charge in [-0.3, -0.25) is 4.79 Å². The van der Waals surface area contributed by atoms with Crippen molar-refractivity contribution in [2.45, 2.75) is 39.2 Å². The van der Waals surface area contributed by atoms with Crippen molar-refractivity contribution in [1.29, 1.82) is 0 Å². The fraction of sp³-hybridized carbons (Fsp3) is 0.533. The minimum atomic E-state index is 0.0488. The maximum atomic E-state index is 11.3. The topological polar surface area (TPSA) is 58.6 Å². The summed E-state index contributed by atoms with van der Waals surface area (Å²) in [5.74, 6) is 0.918. The number of unbranched alkanes of at least 4 members (excludes halogenated alkanes) is 1. The normalized spacial score (nSPS) is 10.2. The van der Waals surface area contributed by atoms with Crippen LogP contribution in [0.15, 0.2) is 24.3 Å². The van der Waals surface area contributed by atoms with E-state index >= 15 is 0 Å². The van der Waals surface area contributed by atoms with Gasteiger partial charge >= 0.3 is 0 Å². The van der Waals surface area contributed by atoms with E-state index < -0.39 is 0 Å². The molecular weight excluding hydrogens is 242 g/mol. The molecule has 0 aliphatic heterocycles. The smallest absolute Gasteiger partial charge is 0.219 e. The van der Waals surface area contributed by atoms with Crippen molar-refractivity contribution >= 4 is 5.91 Å². The van der Waals surface area contributed by atoms with Crippen molar-refractivity contribution in [2.75, 3.05) is 13.2 Å². The van der Waals surface area contributed by atoms with Crippen LogP contribution in [0.3, 0.4) is 0 Å². The Hall–Kier alpha value is -1.55. The van der Waals surface area contributed by atoms with Crippen molar-refractivity contribution in [3.63, 3.8) is 0 Å². The predicted molar refractivity (Wildman–Crippen MR) is 75.0 cm³/mol. The lowest BCUT2D eigenvalue weighted by molar-refractivity contribution is -0.121. The SMILES string of the molecule is CCCNC(=O)CCCCOc1ccc(CO)cc1. The number of hydrogen-bond donors (Lipinski definition) is 2. The predicted octanol–water partition coefficient (Wildman–Crippen LogP) is 2.25. The van der Waals surface area contributed by atoms with Gasteiger partial charge in [0.05, 0.1) is 13.2 Å². The summed E-state index contributed by atoms with van der Waals surface area (Å²) in [5, 5.41) is 11.8. The van der Waals surface area contributed by atoms with Crippen molar-refractivity contribution in [3.8, 4) is 5.75 Å². The second-order valence-corrected chi connectivity index (χ2v) is 4.46. The van der Waals surface area contributed by atoms with Gasteiger partial charge in [-0.15, -0.1) is 0 Å². The summed E-state index contributed by atoms with van der Waals surface area (Å²) < 4.78 is 5.56. The summed E-state index contributed by atoms with van der Waals surface area (Å²) in [6.07, 6.45) is 3.23. The molecule has 0 aliphatic carbocycles. The molecule has 4 heteroatoms. The Morgan fingerprint density at radius 1 is 1.26 bits per heavy atom. The summed E-state index contributed by atoms with van der Waals surface area (Å²) in [4.78, 5) is 11.3. The number of benzene rings is 1. The van der Waals surface area contributed by atoms with Gasteiger partial charge < -0.3 is 15.2 Å². The molecule has 0 bridgehead atoms. The third kappa shape index (κ3) is 6.82. The first kappa shape index (κ1) is 15.5. The molecule has 0 saturated heterocycles. The Labute approximate surface area is 114 Å². The molecule has 0 radical (unpaired) electrons. The highest BCUT2D eigenvalue weighted by Crippen LogP contribution is 2.12. The number of rotatable bonds is 9. The van der Waals surface area contributed by atoms with E-state index in [1.807, 2.05) is 31.2 Å². The number of ether oxygens (including phenoxy) is 1. The maximum Gasteiger partial charge on any atom is 0.219 e. The standard InChI is InChI=1S/C15H23NO3/c1-2-10-16-15(18)5-3-4-11-19-14-8-6-13(12-17)7-9-14/h6-9,17H,2-5,10-12H2,1H3,(H,16,18). The van der Waals surface area contributed by atoms with Crippen molar-refractivity contribution in [3.05, 3.63) is 29.8 Å². The molecule has 1 aromatic carbocycles. The van der Waals surface area contributed by atoms with E-state index in [0.29, 0.717) is 13.0 Å². The highest BCUT2D eigenvalue weighted by molar-refractivity contribution is 5.75. The number of aliphatic hydroxyl groups excluding tert-OH is 1. The van der Waals surface area contributed by atoms with Gasteiger partial charge in [0.25, 0.3) is 0 Å². The van der Waals surface area contributed by atoms with Crippen LogP contribution in [-0.4, -0.2) is 24.2 Å². The van der Waals surface area contributed by atoms with Crippen LogP contribution in [0.25, 0.3) is 0 Å². The van der Waals surface area contributed by atoms with Crippen LogP contribution >= 0.6 is 0 Å². The number of amides is 1. The van der Waals surface area contributed by atoms with Crippen molar-refractivity contribution < 1.29 is 14.6 Å². The molecule has 0 spiro atoms. The van der Waals surface area contributed by atoms with Crippen LogP contribution in [0.5, 0.6) is 5.75 Å². The van der Waals surface area contributed by atoms with Gasteiger partial charge in [0.2, 0.25) is 5.91 Å². The lowest BCUT2D eigenvalue weighted by Crippen LogP contribution is -2.23. The van der Waals surface area contributed by atoms with Gasteiger partial charge in [-0.25, -0.2) is 0 Å². The Kier molecular flexibility index (Phi) is 7.66. The van der Waals surface area contributed by atoms with Gasteiger partial charge in [-0.2, -0.15) is 0 Å². The van der Waals surface area contributed by atoms with Crippen LogP contribution in [0.4, 0.5) is 0 Å². The van der Waals surface area contributed by atoms with E-state index in [4.69, 9.17) is 9.84 Å².